The normalized spacial score (nSPS) is 14.6. The number of hydrogen-bond donors (Lipinski definition) is 4. The maximum Gasteiger partial charge on any atom is 0.406 e. The number of carbonyl (C=O) groups excluding carboxylic acids is 7. The second kappa shape index (κ2) is 27.4. The Hall–Kier alpha value is -4.23. The molecule has 0 bridgehead atoms. The average Bonchev–Trinajstić information content (AvgIpc) is 3.15. The lowest BCUT2D eigenvalue weighted by Crippen LogP contribution is -2.46. The van der Waals surface area contributed by atoms with E-state index >= 15 is 0 Å². The number of aromatic nitrogens is 1. The van der Waals surface area contributed by atoms with Crippen molar-refractivity contribution < 1.29 is 70.5 Å². The van der Waals surface area contributed by atoms with Crippen LogP contribution in [-0.4, -0.2) is 106 Å². The highest BCUT2D eigenvalue weighted by molar-refractivity contribution is 7.51. The summed E-state index contributed by atoms with van der Waals surface area (Å²) < 4.78 is 61.4. The maximum atomic E-state index is 14.3. The molecule has 3 amide bonds. The van der Waals surface area contributed by atoms with E-state index in [9.17, 15) is 42.5 Å². The molecule has 394 valence electrons. The number of unbranched alkanes of at least 4 members (excludes halogenated alkanes) is 2. The molecular formula is C47H78ClFN5O14P. The van der Waals surface area contributed by atoms with Gasteiger partial charge in [-0.2, -0.15) is 4.39 Å². The first kappa shape index (κ1) is 62.8. The molecule has 0 aliphatic carbocycles. The lowest BCUT2D eigenvalue weighted by atomic mass is 10.1. The lowest BCUT2D eigenvalue weighted by Gasteiger charge is -2.31. The number of pyridine rings is 1. The first-order chi connectivity index (χ1) is 31.4. The molecule has 22 heteroatoms. The Morgan fingerprint density at radius 3 is 1.59 bits per heavy atom. The number of hydrogen-bond acceptors (Lipinski definition) is 15. The van der Waals surface area contributed by atoms with Crippen LogP contribution in [0, 0.1) is 5.95 Å². The molecule has 0 spiro atoms. The van der Waals surface area contributed by atoms with Crippen LogP contribution in [0.3, 0.4) is 0 Å². The molecule has 0 saturated carbocycles. The standard InChI is InChI=1S/C47H78ClFN5O14P/c1-43(2,3)64-37(57)25-23-34(42(61)67-46(10,11)12)54-69(62,68-47(13,14)15)63-27-19-20-32(40(59)65-44(4,5)6)52-36(56)24-22-33(41(60)66-45(7,8)9)53-35(55)21-17-16-18-26-50-39(58)30-28-31(48)38(49)51-29-30/h28-29,32-34H,16-27H2,1-15H3,(H,50,58)(H,52,56)(H,53,55)(H,54,62)/t32-,33-,34-,69?/m0/s1. The SMILES string of the molecule is CC(C)(C)OC(=O)CC[C@H](NP(=O)(OCCC[C@H](NC(=O)CC[C@H](NC(=O)CCCCCNC(=O)c1cnc(F)c(Cl)c1)C(=O)OC(C)(C)C)C(=O)OC(C)(C)C)OC(C)(C)C)C(=O)OC(C)(C)C. The van der Waals surface area contributed by atoms with E-state index in [1.165, 1.54) is 6.07 Å². The fraction of sp³-hybridized carbons (Fsp3) is 0.745. The zero-order chi connectivity index (χ0) is 53.2. The molecule has 0 aliphatic heterocycles. The number of esters is 4. The van der Waals surface area contributed by atoms with Crippen LogP contribution in [0.1, 0.15) is 178 Å². The van der Waals surface area contributed by atoms with E-state index in [4.69, 9.17) is 39.6 Å². The van der Waals surface area contributed by atoms with Gasteiger partial charge in [0.25, 0.3) is 5.91 Å². The highest BCUT2D eigenvalue weighted by atomic mass is 35.5. The Bertz CT molecular complexity index is 1950. The maximum absolute atomic E-state index is 14.3. The van der Waals surface area contributed by atoms with Gasteiger partial charge < -0.3 is 34.9 Å². The summed E-state index contributed by atoms with van der Waals surface area (Å²) in [5.41, 5.74) is -4.53. The Morgan fingerprint density at radius 1 is 0.623 bits per heavy atom. The molecule has 0 aliphatic rings. The van der Waals surface area contributed by atoms with Gasteiger partial charge in [0.05, 0.1) is 22.8 Å². The van der Waals surface area contributed by atoms with Gasteiger partial charge in [-0.05, 0) is 148 Å². The van der Waals surface area contributed by atoms with Crippen molar-refractivity contribution in [3.8, 4) is 0 Å². The van der Waals surface area contributed by atoms with Crippen LogP contribution in [0.25, 0.3) is 0 Å². The van der Waals surface area contributed by atoms with Gasteiger partial charge in [-0.1, -0.05) is 18.0 Å². The van der Waals surface area contributed by atoms with Crippen molar-refractivity contribution in [2.24, 2.45) is 0 Å². The highest BCUT2D eigenvalue weighted by Crippen LogP contribution is 2.48. The molecule has 69 heavy (non-hydrogen) atoms. The van der Waals surface area contributed by atoms with E-state index in [2.05, 4.69) is 26.0 Å². The summed E-state index contributed by atoms with van der Waals surface area (Å²) in [6, 6.07) is -2.61. The summed E-state index contributed by atoms with van der Waals surface area (Å²) in [7, 11) is -4.37. The van der Waals surface area contributed by atoms with Crippen LogP contribution in [0.2, 0.25) is 5.02 Å². The fourth-order valence-electron chi connectivity index (χ4n) is 5.87. The van der Waals surface area contributed by atoms with Crippen molar-refractivity contribution in [2.75, 3.05) is 13.2 Å². The summed E-state index contributed by atoms with van der Waals surface area (Å²) in [5, 5.41) is 10.4. The largest absolute Gasteiger partial charge is 0.460 e. The molecule has 0 aromatic carbocycles. The molecule has 0 saturated heterocycles. The van der Waals surface area contributed by atoms with Crippen LogP contribution in [0.15, 0.2) is 12.3 Å². The lowest BCUT2D eigenvalue weighted by molar-refractivity contribution is -0.160. The summed E-state index contributed by atoms with van der Waals surface area (Å²) in [5.74, 6) is -5.44. The van der Waals surface area contributed by atoms with E-state index in [1.807, 2.05) is 0 Å². The van der Waals surface area contributed by atoms with Gasteiger partial charge in [-0.15, -0.1) is 0 Å². The number of rotatable bonds is 26. The van der Waals surface area contributed by atoms with E-state index < -0.39 is 101 Å². The van der Waals surface area contributed by atoms with Crippen molar-refractivity contribution in [3.05, 3.63) is 28.8 Å². The molecule has 19 nitrogen and oxygen atoms in total. The van der Waals surface area contributed by atoms with E-state index in [1.54, 1.807) is 104 Å². The molecule has 1 aromatic heterocycles. The van der Waals surface area contributed by atoms with Crippen molar-refractivity contribution in [1.82, 2.24) is 26.0 Å². The second-order valence-corrected chi connectivity index (χ2v) is 23.5. The Kier molecular flexibility index (Phi) is 24.9. The van der Waals surface area contributed by atoms with Crippen LogP contribution in [0.5, 0.6) is 0 Å². The van der Waals surface area contributed by atoms with Crippen molar-refractivity contribution in [2.45, 2.75) is 214 Å². The molecule has 4 atom stereocenters. The Labute approximate surface area is 412 Å². The van der Waals surface area contributed by atoms with Crippen LogP contribution < -0.4 is 21.0 Å². The number of halogens is 2. The van der Waals surface area contributed by atoms with Crippen molar-refractivity contribution in [1.29, 1.82) is 0 Å². The molecular weight excluding hydrogens is 944 g/mol. The monoisotopic (exact) mass is 1020 g/mol. The van der Waals surface area contributed by atoms with E-state index in [0.29, 0.717) is 19.3 Å². The summed E-state index contributed by atoms with van der Waals surface area (Å²) in [4.78, 5) is 94.9. The number of carbonyl (C=O) groups is 7. The minimum atomic E-state index is -4.37. The minimum absolute atomic E-state index is 0.0158. The molecule has 4 N–H and O–H groups in total. The molecule has 0 radical (unpaired) electrons. The number of nitrogens with one attached hydrogen (secondary N) is 4. The molecule has 1 heterocycles. The van der Waals surface area contributed by atoms with Crippen molar-refractivity contribution >= 4 is 60.9 Å². The molecule has 1 aromatic rings. The second-order valence-electron chi connectivity index (χ2n) is 21.4. The van der Waals surface area contributed by atoms with Gasteiger partial charge in [0.15, 0.2) is 0 Å². The van der Waals surface area contributed by atoms with Gasteiger partial charge in [0.2, 0.25) is 17.8 Å². The zero-order valence-electron chi connectivity index (χ0n) is 43.2. The van der Waals surface area contributed by atoms with E-state index in [-0.39, 0.29) is 68.7 Å². The average molecular weight is 1020 g/mol. The van der Waals surface area contributed by atoms with Crippen molar-refractivity contribution in [3.63, 3.8) is 0 Å². The molecule has 0 fully saturated rings. The summed E-state index contributed by atoms with van der Waals surface area (Å²) >= 11 is 5.70. The smallest absolute Gasteiger partial charge is 0.406 e. The summed E-state index contributed by atoms with van der Waals surface area (Å²) in [6.45, 7) is 24.8. The fourth-order valence-corrected chi connectivity index (χ4v) is 7.92. The first-order valence-corrected chi connectivity index (χ1v) is 25.1. The van der Waals surface area contributed by atoms with Gasteiger partial charge >= 0.3 is 31.6 Å². The highest BCUT2D eigenvalue weighted by Gasteiger charge is 2.39. The van der Waals surface area contributed by atoms with Gasteiger partial charge in [-0.25, -0.2) is 24.2 Å². The predicted octanol–water partition coefficient (Wildman–Crippen LogP) is 7.74. The van der Waals surface area contributed by atoms with Gasteiger partial charge in [0.1, 0.15) is 40.5 Å². The van der Waals surface area contributed by atoms with Gasteiger partial charge in [0, 0.05) is 32.0 Å². The third-order valence-corrected chi connectivity index (χ3v) is 10.7. The zero-order valence-corrected chi connectivity index (χ0v) is 44.9. The third kappa shape index (κ3) is 29.5. The summed E-state index contributed by atoms with van der Waals surface area (Å²) in [6.07, 6.45) is 1.58. The first-order valence-electron chi connectivity index (χ1n) is 23.2. The van der Waals surface area contributed by atoms with E-state index in [0.717, 1.165) is 6.20 Å². The topological polar surface area (TPSA) is 253 Å². The number of ether oxygens (including phenoxy) is 4. The quantitative estimate of drug-likeness (QED) is 0.0228. The molecule has 1 unspecified atom stereocenters. The Morgan fingerprint density at radius 2 is 1.10 bits per heavy atom. The Balaban J connectivity index is 3.07. The third-order valence-electron chi connectivity index (χ3n) is 8.49. The predicted molar refractivity (Wildman–Crippen MR) is 256 cm³/mol. The molecule has 1 rings (SSSR count). The minimum Gasteiger partial charge on any atom is -0.460 e. The van der Waals surface area contributed by atoms with Gasteiger partial charge in [-0.3, -0.25) is 33.0 Å². The van der Waals surface area contributed by atoms with Crippen LogP contribution in [0.4, 0.5) is 4.39 Å². The van der Waals surface area contributed by atoms with Crippen LogP contribution in [-0.2, 0) is 61.3 Å². The number of amides is 3. The number of nitrogens with zero attached hydrogens (tertiary/aromatic N) is 1. The van der Waals surface area contributed by atoms with Crippen LogP contribution >= 0.6 is 19.3 Å².